The summed E-state index contributed by atoms with van der Waals surface area (Å²) in [5.41, 5.74) is 0.918. The summed E-state index contributed by atoms with van der Waals surface area (Å²) in [4.78, 5) is 24.3. The van der Waals surface area contributed by atoms with Gasteiger partial charge in [-0.3, -0.25) is 4.79 Å². The Kier molecular flexibility index (Phi) is 5.15. The van der Waals surface area contributed by atoms with Crippen LogP contribution in [0.4, 0.5) is 19.1 Å². The number of nitrogens with one attached hydrogen (secondary N) is 2. The van der Waals surface area contributed by atoms with E-state index in [4.69, 9.17) is 0 Å². The molecule has 1 aliphatic rings. The predicted octanol–water partition coefficient (Wildman–Crippen LogP) is 3.51. The second-order valence-corrected chi connectivity index (χ2v) is 7.66. The number of aromatic amines is 1. The van der Waals surface area contributed by atoms with Crippen LogP contribution in [0.5, 0.6) is 0 Å². The number of nitrogens with zero attached hydrogens (tertiary/aromatic N) is 3. The highest BCUT2D eigenvalue weighted by Crippen LogP contribution is 2.32. The molecule has 158 valence electrons. The SMILES string of the molecule is CN(C)C1CN(C(=O)C(Nc2nc3ccccc3[nH]2)c2cccc(C(F)(F)F)c2)C1. The number of hydrogen-bond acceptors (Lipinski definition) is 4. The van der Waals surface area contributed by atoms with Gasteiger partial charge in [0.05, 0.1) is 16.6 Å². The largest absolute Gasteiger partial charge is 0.416 e. The Morgan fingerprint density at radius 3 is 2.60 bits per heavy atom. The van der Waals surface area contributed by atoms with Crippen molar-refractivity contribution in [2.75, 3.05) is 32.5 Å². The highest BCUT2D eigenvalue weighted by Gasteiger charge is 2.37. The zero-order valence-electron chi connectivity index (χ0n) is 16.6. The molecule has 1 unspecified atom stereocenters. The number of carbonyl (C=O) groups excluding carboxylic acids is 1. The van der Waals surface area contributed by atoms with Crippen molar-refractivity contribution < 1.29 is 18.0 Å². The molecule has 1 saturated heterocycles. The number of hydrogen-bond donors (Lipinski definition) is 2. The fourth-order valence-electron chi connectivity index (χ4n) is 3.48. The van der Waals surface area contributed by atoms with Gasteiger partial charge in [-0.15, -0.1) is 0 Å². The Morgan fingerprint density at radius 1 is 1.20 bits per heavy atom. The quantitative estimate of drug-likeness (QED) is 0.667. The van der Waals surface area contributed by atoms with Crippen LogP contribution in [0, 0.1) is 0 Å². The minimum Gasteiger partial charge on any atom is -0.340 e. The number of likely N-dealkylation sites (N-methyl/N-ethyl adjacent to an activating group) is 1. The van der Waals surface area contributed by atoms with E-state index in [0.717, 1.165) is 17.6 Å². The molecule has 0 saturated carbocycles. The number of halogens is 3. The number of rotatable bonds is 5. The van der Waals surface area contributed by atoms with Gasteiger partial charge < -0.3 is 20.1 Å². The topological polar surface area (TPSA) is 64.3 Å². The summed E-state index contributed by atoms with van der Waals surface area (Å²) in [6.45, 7) is 1.06. The molecule has 0 radical (unpaired) electrons. The van der Waals surface area contributed by atoms with Gasteiger partial charge >= 0.3 is 6.18 Å². The maximum absolute atomic E-state index is 13.2. The van der Waals surface area contributed by atoms with E-state index in [1.165, 1.54) is 12.1 Å². The second-order valence-electron chi connectivity index (χ2n) is 7.66. The first kappa shape index (κ1) is 20.2. The summed E-state index contributed by atoms with van der Waals surface area (Å²) in [6, 6.07) is 11.4. The van der Waals surface area contributed by atoms with Crippen LogP contribution >= 0.6 is 0 Å². The van der Waals surface area contributed by atoms with Gasteiger partial charge in [0.25, 0.3) is 0 Å². The van der Waals surface area contributed by atoms with E-state index in [2.05, 4.69) is 15.3 Å². The summed E-state index contributed by atoms with van der Waals surface area (Å²) >= 11 is 0. The number of imidazole rings is 1. The number of likely N-dealkylation sites (tertiary alicyclic amines) is 1. The van der Waals surface area contributed by atoms with Crippen LogP contribution in [0.2, 0.25) is 0 Å². The summed E-state index contributed by atoms with van der Waals surface area (Å²) in [5, 5.41) is 3.02. The van der Waals surface area contributed by atoms with Crippen LogP contribution in [-0.2, 0) is 11.0 Å². The van der Waals surface area contributed by atoms with Crippen molar-refractivity contribution in [1.29, 1.82) is 0 Å². The Morgan fingerprint density at radius 2 is 1.93 bits per heavy atom. The molecule has 1 aliphatic heterocycles. The van der Waals surface area contributed by atoms with E-state index >= 15 is 0 Å². The number of carbonyl (C=O) groups is 1. The lowest BCUT2D eigenvalue weighted by atomic mass is 9.99. The Bertz CT molecular complexity index is 1020. The minimum absolute atomic E-state index is 0.238. The van der Waals surface area contributed by atoms with Gasteiger partial charge in [-0.25, -0.2) is 4.98 Å². The van der Waals surface area contributed by atoms with Crippen molar-refractivity contribution >= 4 is 22.9 Å². The van der Waals surface area contributed by atoms with E-state index < -0.39 is 17.8 Å². The molecule has 0 aliphatic carbocycles. The zero-order valence-corrected chi connectivity index (χ0v) is 16.6. The molecule has 0 bridgehead atoms. The molecule has 6 nitrogen and oxygen atoms in total. The molecule has 2 heterocycles. The average Bonchev–Trinajstić information content (AvgIpc) is 3.06. The number of anilines is 1. The molecule has 3 aromatic rings. The summed E-state index contributed by atoms with van der Waals surface area (Å²) in [5.74, 6) is 0.0459. The minimum atomic E-state index is -4.49. The van der Waals surface area contributed by atoms with Gasteiger partial charge in [-0.1, -0.05) is 24.3 Å². The van der Waals surface area contributed by atoms with E-state index in [-0.39, 0.29) is 17.5 Å². The number of H-pyrrole nitrogens is 1. The fraction of sp³-hybridized carbons (Fsp3) is 0.333. The van der Waals surface area contributed by atoms with E-state index in [9.17, 15) is 18.0 Å². The zero-order chi connectivity index (χ0) is 21.5. The van der Waals surface area contributed by atoms with Gasteiger partial charge in [0.2, 0.25) is 11.9 Å². The third-order valence-corrected chi connectivity index (χ3v) is 5.37. The lowest BCUT2D eigenvalue weighted by molar-refractivity contribution is -0.140. The maximum Gasteiger partial charge on any atom is 0.416 e. The van der Waals surface area contributed by atoms with Gasteiger partial charge in [0, 0.05) is 19.1 Å². The molecule has 1 atom stereocenters. The lowest BCUT2D eigenvalue weighted by Gasteiger charge is -2.44. The van der Waals surface area contributed by atoms with Crippen molar-refractivity contribution in [3.05, 3.63) is 59.7 Å². The standard InChI is InChI=1S/C21H22F3N5O/c1-28(2)15-11-29(12-15)19(30)18(13-6-5-7-14(10-13)21(22,23)24)27-20-25-16-8-3-4-9-17(16)26-20/h3-10,15,18H,11-12H2,1-2H3,(H2,25,26,27). The summed E-state index contributed by atoms with van der Waals surface area (Å²) < 4.78 is 39.7. The van der Waals surface area contributed by atoms with Crippen LogP contribution in [0.25, 0.3) is 11.0 Å². The molecule has 1 fully saturated rings. The first-order valence-corrected chi connectivity index (χ1v) is 9.56. The van der Waals surface area contributed by atoms with Crippen molar-refractivity contribution in [3.63, 3.8) is 0 Å². The van der Waals surface area contributed by atoms with Gasteiger partial charge in [0.1, 0.15) is 6.04 Å². The second kappa shape index (κ2) is 7.64. The molecule has 2 aromatic carbocycles. The molecule has 0 spiro atoms. The van der Waals surface area contributed by atoms with Crippen molar-refractivity contribution in [2.24, 2.45) is 0 Å². The molecule has 4 rings (SSSR count). The first-order chi connectivity index (χ1) is 14.2. The predicted molar refractivity (Wildman–Crippen MR) is 108 cm³/mol. The van der Waals surface area contributed by atoms with Crippen LogP contribution in [-0.4, -0.2) is 58.9 Å². The van der Waals surface area contributed by atoms with Crippen LogP contribution in [0.15, 0.2) is 48.5 Å². The summed E-state index contributed by atoms with van der Waals surface area (Å²) in [6.07, 6.45) is -4.49. The molecule has 30 heavy (non-hydrogen) atoms. The molecular weight excluding hydrogens is 395 g/mol. The fourth-order valence-corrected chi connectivity index (χ4v) is 3.48. The average molecular weight is 417 g/mol. The smallest absolute Gasteiger partial charge is 0.340 e. The van der Waals surface area contributed by atoms with E-state index in [1.54, 1.807) is 4.90 Å². The van der Waals surface area contributed by atoms with Crippen LogP contribution in [0.3, 0.4) is 0 Å². The number of benzene rings is 2. The first-order valence-electron chi connectivity index (χ1n) is 9.56. The van der Waals surface area contributed by atoms with E-state index in [0.29, 0.717) is 24.6 Å². The highest BCUT2D eigenvalue weighted by atomic mass is 19.4. The Labute approximate surface area is 171 Å². The van der Waals surface area contributed by atoms with Gasteiger partial charge in [-0.05, 0) is 43.9 Å². The maximum atomic E-state index is 13.2. The molecule has 1 amide bonds. The monoisotopic (exact) mass is 417 g/mol. The number of fused-ring (bicyclic) bond motifs is 1. The molecular formula is C21H22F3N5O. The van der Waals surface area contributed by atoms with Crippen molar-refractivity contribution in [3.8, 4) is 0 Å². The number of amides is 1. The van der Waals surface area contributed by atoms with Crippen molar-refractivity contribution in [1.82, 2.24) is 19.8 Å². The Balaban J connectivity index is 1.65. The third-order valence-electron chi connectivity index (χ3n) is 5.37. The Hall–Kier alpha value is -3.07. The molecule has 1 aromatic heterocycles. The van der Waals surface area contributed by atoms with Gasteiger partial charge in [0.15, 0.2) is 0 Å². The number of alkyl halides is 3. The highest BCUT2D eigenvalue weighted by molar-refractivity contribution is 5.87. The third kappa shape index (κ3) is 3.97. The van der Waals surface area contributed by atoms with E-state index in [1.807, 2.05) is 43.3 Å². The normalized spacial score (nSPS) is 16.0. The number of para-hydroxylation sites is 2. The molecule has 2 N–H and O–H groups in total. The van der Waals surface area contributed by atoms with Crippen LogP contribution in [0.1, 0.15) is 17.2 Å². The number of aromatic nitrogens is 2. The van der Waals surface area contributed by atoms with Gasteiger partial charge in [-0.2, -0.15) is 13.2 Å². The lowest BCUT2D eigenvalue weighted by Crippen LogP contribution is -2.60. The summed E-state index contributed by atoms with van der Waals surface area (Å²) in [7, 11) is 3.87. The van der Waals surface area contributed by atoms with Crippen molar-refractivity contribution in [2.45, 2.75) is 18.3 Å². The molecule has 9 heteroatoms. The van der Waals surface area contributed by atoms with Crippen LogP contribution < -0.4 is 5.32 Å².